The SMILES string of the molecule is CCCCCCCCCCCCCCCCCCC[C@@H](C)C[C@@H](C)C(=O)O. The molecule has 0 aliphatic heterocycles. The fourth-order valence-corrected chi connectivity index (χ4v) is 4.04. The number of unbranched alkanes of at least 4 members (excludes halogenated alkanes) is 16. The van der Waals surface area contributed by atoms with Gasteiger partial charge in [-0.15, -0.1) is 0 Å². The fraction of sp³-hybridized carbons (Fsp3) is 0.960. The van der Waals surface area contributed by atoms with Gasteiger partial charge in [0.05, 0.1) is 5.92 Å². The minimum absolute atomic E-state index is 0.189. The van der Waals surface area contributed by atoms with Gasteiger partial charge < -0.3 is 5.11 Å². The molecule has 0 saturated carbocycles. The summed E-state index contributed by atoms with van der Waals surface area (Å²) in [5.41, 5.74) is 0. The smallest absolute Gasteiger partial charge is 0.306 e. The van der Waals surface area contributed by atoms with E-state index >= 15 is 0 Å². The van der Waals surface area contributed by atoms with E-state index < -0.39 is 5.97 Å². The number of rotatable bonds is 21. The van der Waals surface area contributed by atoms with Crippen LogP contribution in [0.2, 0.25) is 0 Å². The highest BCUT2D eigenvalue weighted by molar-refractivity contribution is 5.69. The second-order valence-electron chi connectivity index (χ2n) is 9.03. The summed E-state index contributed by atoms with van der Waals surface area (Å²) in [6.07, 6.45) is 26.0. The predicted molar refractivity (Wildman–Crippen MR) is 119 cm³/mol. The molecule has 0 fully saturated rings. The van der Waals surface area contributed by atoms with E-state index in [1.165, 1.54) is 116 Å². The Bertz CT molecular complexity index is 313. The summed E-state index contributed by atoms with van der Waals surface area (Å²) in [7, 11) is 0. The molecule has 0 rings (SSSR count). The Hall–Kier alpha value is -0.530. The van der Waals surface area contributed by atoms with Crippen LogP contribution in [0.4, 0.5) is 0 Å². The Morgan fingerprint density at radius 3 is 1.30 bits per heavy atom. The summed E-state index contributed by atoms with van der Waals surface area (Å²) >= 11 is 0. The van der Waals surface area contributed by atoms with E-state index in [2.05, 4.69) is 13.8 Å². The number of hydrogen-bond acceptors (Lipinski definition) is 1. The van der Waals surface area contributed by atoms with Gasteiger partial charge in [-0.3, -0.25) is 4.79 Å². The Morgan fingerprint density at radius 2 is 0.963 bits per heavy atom. The van der Waals surface area contributed by atoms with Crippen LogP contribution in [0.15, 0.2) is 0 Å². The van der Waals surface area contributed by atoms with Gasteiger partial charge in [0.2, 0.25) is 0 Å². The first kappa shape index (κ1) is 26.5. The zero-order chi connectivity index (χ0) is 20.2. The number of carboxylic acids is 1. The molecule has 1 N–H and O–H groups in total. The van der Waals surface area contributed by atoms with Crippen LogP contribution in [-0.4, -0.2) is 11.1 Å². The summed E-state index contributed by atoms with van der Waals surface area (Å²) in [5, 5.41) is 8.95. The zero-order valence-corrected chi connectivity index (χ0v) is 18.9. The topological polar surface area (TPSA) is 37.3 Å². The third-order valence-corrected chi connectivity index (χ3v) is 5.98. The first-order valence-corrected chi connectivity index (χ1v) is 12.3. The van der Waals surface area contributed by atoms with Crippen molar-refractivity contribution in [2.45, 2.75) is 143 Å². The van der Waals surface area contributed by atoms with Crippen molar-refractivity contribution in [2.24, 2.45) is 11.8 Å². The van der Waals surface area contributed by atoms with Gasteiger partial charge in [-0.2, -0.15) is 0 Å². The Morgan fingerprint density at radius 1 is 0.630 bits per heavy atom. The quantitative estimate of drug-likeness (QED) is 0.201. The molecule has 0 aromatic rings. The van der Waals surface area contributed by atoms with E-state index in [1.54, 1.807) is 0 Å². The summed E-state index contributed by atoms with van der Waals surface area (Å²) in [5.74, 6) is -0.289. The van der Waals surface area contributed by atoms with E-state index in [-0.39, 0.29) is 5.92 Å². The van der Waals surface area contributed by atoms with E-state index in [1.807, 2.05) is 6.92 Å². The molecule has 0 heterocycles. The summed E-state index contributed by atoms with van der Waals surface area (Å²) in [4.78, 5) is 10.9. The van der Waals surface area contributed by atoms with Crippen molar-refractivity contribution >= 4 is 5.97 Å². The maximum absolute atomic E-state index is 10.9. The standard InChI is InChI=1S/C25H50O2/c1-4-5-6-7-8-9-10-11-12-13-14-15-16-17-18-19-20-21-23(2)22-24(3)25(26)27/h23-24H,4-22H2,1-3H3,(H,26,27)/t23-,24-/m1/s1. The average Bonchev–Trinajstić information content (AvgIpc) is 2.64. The molecule has 0 aromatic carbocycles. The van der Waals surface area contributed by atoms with Crippen LogP contribution in [0.5, 0.6) is 0 Å². The van der Waals surface area contributed by atoms with Gasteiger partial charge in [0.1, 0.15) is 0 Å². The maximum atomic E-state index is 10.9. The summed E-state index contributed by atoms with van der Waals surface area (Å²) in [6.45, 7) is 6.31. The highest BCUT2D eigenvalue weighted by Gasteiger charge is 2.14. The molecule has 0 spiro atoms. The van der Waals surface area contributed by atoms with Crippen molar-refractivity contribution in [3.63, 3.8) is 0 Å². The molecular formula is C25H50O2. The van der Waals surface area contributed by atoms with Crippen LogP contribution in [0, 0.1) is 11.8 Å². The Labute approximate surface area is 170 Å². The minimum atomic E-state index is -0.649. The van der Waals surface area contributed by atoms with Crippen LogP contribution >= 0.6 is 0 Å². The van der Waals surface area contributed by atoms with Crippen LogP contribution in [0.3, 0.4) is 0 Å². The van der Waals surface area contributed by atoms with Gasteiger partial charge in [-0.05, 0) is 12.3 Å². The lowest BCUT2D eigenvalue weighted by atomic mass is 9.92. The van der Waals surface area contributed by atoms with Crippen LogP contribution in [0.1, 0.15) is 143 Å². The van der Waals surface area contributed by atoms with Crippen LogP contribution in [0.25, 0.3) is 0 Å². The van der Waals surface area contributed by atoms with Gasteiger partial charge in [-0.25, -0.2) is 0 Å². The lowest BCUT2D eigenvalue weighted by Crippen LogP contribution is -2.13. The van der Waals surface area contributed by atoms with Gasteiger partial charge in [0.25, 0.3) is 0 Å². The molecule has 0 aliphatic carbocycles. The highest BCUT2D eigenvalue weighted by Crippen LogP contribution is 2.19. The van der Waals surface area contributed by atoms with E-state index in [0.29, 0.717) is 5.92 Å². The molecule has 2 atom stereocenters. The van der Waals surface area contributed by atoms with E-state index in [4.69, 9.17) is 5.11 Å². The zero-order valence-electron chi connectivity index (χ0n) is 18.9. The Kier molecular flexibility index (Phi) is 19.8. The predicted octanol–water partition coefficient (Wildman–Crippen LogP) is 8.78. The van der Waals surface area contributed by atoms with Gasteiger partial charge in [-0.1, -0.05) is 136 Å². The van der Waals surface area contributed by atoms with Crippen molar-refractivity contribution in [3.05, 3.63) is 0 Å². The van der Waals surface area contributed by atoms with E-state index in [9.17, 15) is 4.79 Å². The van der Waals surface area contributed by atoms with Crippen molar-refractivity contribution in [2.75, 3.05) is 0 Å². The lowest BCUT2D eigenvalue weighted by molar-refractivity contribution is -0.141. The summed E-state index contributed by atoms with van der Waals surface area (Å²) < 4.78 is 0. The molecular weight excluding hydrogens is 332 g/mol. The largest absolute Gasteiger partial charge is 0.481 e. The van der Waals surface area contributed by atoms with Crippen LogP contribution < -0.4 is 0 Å². The molecule has 0 bridgehead atoms. The first-order valence-electron chi connectivity index (χ1n) is 12.3. The lowest BCUT2D eigenvalue weighted by Gasteiger charge is -2.13. The molecule has 27 heavy (non-hydrogen) atoms. The fourth-order valence-electron chi connectivity index (χ4n) is 4.04. The van der Waals surface area contributed by atoms with E-state index in [0.717, 1.165) is 6.42 Å². The third-order valence-electron chi connectivity index (χ3n) is 5.98. The number of carbonyl (C=O) groups is 1. The molecule has 0 aliphatic rings. The van der Waals surface area contributed by atoms with Crippen molar-refractivity contribution in [1.82, 2.24) is 0 Å². The van der Waals surface area contributed by atoms with Crippen LogP contribution in [-0.2, 0) is 4.79 Å². The number of hydrogen-bond donors (Lipinski definition) is 1. The molecule has 0 radical (unpaired) electrons. The normalized spacial score (nSPS) is 13.6. The van der Waals surface area contributed by atoms with Crippen molar-refractivity contribution in [1.29, 1.82) is 0 Å². The minimum Gasteiger partial charge on any atom is -0.481 e. The maximum Gasteiger partial charge on any atom is 0.306 e. The molecule has 2 heteroatoms. The molecule has 0 amide bonds. The van der Waals surface area contributed by atoms with Crippen molar-refractivity contribution in [3.8, 4) is 0 Å². The number of aliphatic carboxylic acids is 1. The molecule has 2 nitrogen and oxygen atoms in total. The molecule has 0 saturated heterocycles. The monoisotopic (exact) mass is 382 g/mol. The average molecular weight is 383 g/mol. The molecule has 0 unspecified atom stereocenters. The van der Waals surface area contributed by atoms with Gasteiger partial charge >= 0.3 is 5.97 Å². The molecule has 0 aromatic heterocycles. The molecule has 162 valence electrons. The third kappa shape index (κ3) is 20.0. The number of carboxylic acid groups (broad SMARTS) is 1. The second kappa shape index (κ2) is 20.2. The first-order chi connectivity index (χ1) is 13.1. The van der Waals surface area contributed by atoms with Crippen molar-refractivity contribution < 1.29 is 9.90 Å². The van der Waals surface area contributed by atoms with Gasteiger partial charge in [0.15, 0.2) is 0 Å². The second-order valence-corrected chi connectivity index (χ2v) is 9.03. The Balaban J connectivity index is 3.16. The van der Waals surface area contributed by atoms with Gasteiger partial charge in [0, 0.05) is 0 Å². The highest BCUT2D eigenvalue weighted by atomic mass is 16.4. The summed E-state index contributed by atoms with van der Waals surface area (Å²) in [6, 6.07) is 0.